The zero-order valence-corrected chi connectivity index (χ0v) is 17.6. The number of hydrogen-bond acceptors (Lipinski definition) is 3. The van der Waals surface area contributed by atoms with Crippen LogP contribution < -0.4 is 9.47 Å². The molecule has 3 aromatic carbocycles. The molecule has 0 bridgehead atoms. The van der Waals surface area contributed by atoms with Crippen LogP contribution in [0.1, 0.15) is 22.3 Å². The third-order valence-corrected chi connectivity index (χ3v) is 4.97. The van der Waals surface area contributed by atoms with E-state index in [1.165, 1.54) is 0 Å². The summed E-state index contributed by atoms with van der Waals surface area (Å²) in [5, 5.41) is 4.48. The maximum atomic E-state index is 5.24. The molecule has 31 heavy (non-hydrogen) atoms. The van der Waals surface area contributed by atoms with Crippen molar-refractivity contribution in [3.8, 4) is 17.2 Å². The van der Waals surface area contributed by atoms with Crippen molar-refractivity contribution in [1.82, 2.24) is 9.78 Å². The van der Waals surface area contributed by atoms with E-state index in [1.54, 1.807) is 20.4 Å². The van der Waals surface area contributed by atoms with Crippen LogP contribution in [-0.2, 0) is 0 Å². The first kappa shape index (κ1) is 20.2. The third-order valence-electron chi connectivity index (χ3n) is 4.97. The van der Waals surface area contributed by atoms with Gasteiger partial charge in [-0.3, -0.25) is 0 Å². The lowest BCUT2D eigenvalue weighted by Gasteiger charge is -2.11. The molecule has 4 rings (SSSR count). The Morgan fingerprint density at radius 1 is 0.645 bits per heavy atom. The van der Waals surface area contributed by atoms with Gasteiger partial charge in [-0.25, -0.2) is 4.68 Å². The molecule has 4 aromatic rings. The van der Waals surface area contributed by atoms with Gasteiger partial charge in [-0.2, -0.15) is 5.10 Å². The first-order valence-corrected chi connectivity index (χ1v) is 10.0. The zero-order valence-electron chi connectivity index (χ0n) is 17.6. The molecule has 0 unspecified atom stereocenters. The van der Waals surface area contributed by atoms with Gasteiger partial charge in [0.05, 0.1) is 19.9 Å². The van der Waals surface area contributed by atoms with Crippen LogP contribution in [0.4, 0.5) is 0 Å². The van der Waals surface area contributed by atoms with Crippen LogP contribution in [0, 0.1) is 0 Å². The predicted octanol–water partition coefficient (Wildman–Crippen LogP) is 6.23. The second kappa shape index (κ2) is 9.63. The second-order valence-electron chi connectivity index (χ2n) is 6.95. The molecule has 0 aliphatic heterocycles. The second-order valence-corrected chi connectivity index (χ2v) is 6.95. The smallest absolute Gasteiger partial charge is 0.118 e. The number of hydrogen-bond donors (Lipinski definition) is 0. The Kier molecular flexibility index (Phi) is 6.29. The van der Waals surface area contributed by atoms with E-state index >= 15 is 0 Å². The highest BCUT2D eigenvalue weighted by atomic mass is 16.5. The number of nitrogens with zero attached hydrogens (tertiary/aromatic N) is 2. The van der Waals surface area contributed by atoms with Crippen LogP contribution in [0.5, 0.6) is 11.5 Å². The summed E-state index contributed by atoms with van der Waals surface area (Å²) in [4.78, 5) is 0. The summed E-state index contributed by atoms with van der Waals surface area (Å²) in [6, 6.07) is 24.2. The molecule has 0 saturated carbocycles. The number of para-hydroxylation sites is 1. The highest BCUT2D eigenvalue weighted by molar-refractivity contribution is 5.81. The molecule has 154 valence electrons. The van der Waals surface area contributed by atoms with E-state index in [9.17, 15) is 0 Å². The van der Waals surface area contributed by atoms with Crippen molar-refractivity contribution in [2.45, 2.75) is 0 Å². The molecule has 0 amide bonds. The normalized spacial score (nSPS) is 11.3. The molecule has 4 nitrogen and oxygen atoms in total. The van der Waals surface area contributed by atoms with E-state index in [0.29, 0.717) is 0 Å². The molecule has 1 aromatic heterocycles. The lowest BCUT2D eigenvalue weighted by Crippen LogP contribution is -2.00. The van der Waals surface area contributed by atoms with Gasteiger partial charge >= 0.3 is 0 Å². The van der Waals surface area contributed by atoms with Gasteiger partial charge < -0.3 is 9.47 Å². The van der Waals surface area contributed by atoms with Crippen molar-refractivity contribution >= 4 is 24.3 Å². The summed E-state index contributed by atoms with van der Waals surface area (Å²) in [6.07, 6.45) is 12.2. The summed E-state index contributed by atoms with van der Waals surface area (Å²) in [7, 11) is 3.35. The van der Waals surface area contributed by atoms with Gasteiger partial charge in [-0.05, 0) is 41.5 Å². The van der Waals surface area contributed by atoms with Gasteiger partial charge in [0.2, 0.25) is 0 Å². The largest absolute Gasteiger partial charge is 0.497 e. The van der Waals surface area contributed by atoms with E-state index in [-0.39, 0.29) is 0 Å². The Morgan fingerprint density at radius 3 is 1.58 bits per heavy atom. The topological polar surface area (TPSA) is 36.3 Å². The van der Waals surface area contributed by atoms with E-state index in [1.807, 2.05) is 65.5 Å². The molecule has 4 heteroatoms. The summed E-state index contributed by atoms with van der Waals surface area (Å²) >= 11 is 0. The van der Waals surface area contributed by atoms with Crippen molar-refractivity contribution in [1.29, 1.82) is 0 Å². The maximum Gasteiger partial charge on any atom is 0.118 e. The summed E-state index contributed by atoms with van der Waals surface area (Å²) in [6.45, 7) is 0. The predicted molar refractivity (Wildman–Crippen MR) is 127 cm³/mol. The average Bonchev–Trinajstić information content (AvgIpc) is 3.36. The average molecular weight is 409 g/mol. The van der Waals surface area contributed by atoms with Crippen LogP contribution in [0.3, 0.4) is 0 Å². The van der Waals surface area contributed by atoms with E-state index in [0.717, 1.165) is 39.4 Å². The van der Waals surface area contributed by atoms with Gasteiger partial charge in [0, 0.05) is 23.5 Å². The fourth-order valence-corrected chi connectivity index (χ4v) is 3.32. The summed E-state index contributed by atoms with van der Waals surface area (Å²) < 4.78 is 12.4. The first-order valence-electron chi connectivity index (χ1n) is 10.0. The van der Waals surface area contributed by atoms with Crippen molar-refractivity contribution in [2.75, 3.05) is 14.2 Å². The molecule has 0 fully saturated rings. The Balaban J connectivity index is 1.68. The molecular formula is C27H24N2O2. The van der Waals surface area contributed by atoms with E-state index in [2.05, 4.69) is 47.6 Å². The van der Waals surface area contributed by atoms with Crippen molar-refractivity contribution in [3.05, 3.63) is 107 Å². The number of aromatic nitrogens is 2. The monoisotopic (exact) mass is 408 g/mol. The quantitative estimate of drug-likeness (QED) is 0.340. The molecule has 0 aliphatic carbocycles. The minimum atomic E-state index is 0.847. The Labute approximate surface area is 182 Å². The molecule has 0 saturated heterocycles. The van der Waals surface area contributed by atoms with Crippen molar-refractivity contribution in [2.24, 2.45) is 0 Å². The molecular weight excluding hydrogens is 384 g/mol. The fourth-order valence-electron chi connectivity index (χ4n) is 3.32. The first-order chi connectivity index (χ1) is 15.3. The van der Waals surface area contributed by atoms with Gasteiger partial charge in [-0.1, -0.05) is 66.8 Å². The molecule has 0 spiro atoms. The van der Waals surface area contributed by atoms with E-state index in [4.69, 9.17) is 9.47 Å². The number of benzene rings is 3. The van der Waals surface area contributed by atoms with Crippen LogP contribution >= 0.6 is 0 Å². The van der Waals surface area contributed by atoms with Gasteiger partial charge in [0.1, 0.15) is 11.5 Å². The van der Waals surface area contributed by atoms with Gasteiger partial charge in [-0.15, -0.1) is 0 Å². The Hall–Kier alpha value is -4.05. The zero-order chi connectivity index (χ0) is 21.5. The molecule has 0 N–H and O–H groups in total. The summed E-state index contributed by atoms with van der Waals surface area (Å²) in [5.41, 5.74) is 5.40. The van der Waals surface area contributed by atoms with Gasteiger partial charge in [0.25, 0.3) is 0 Å². The molecule has 0 atom stereocenters. The Morgan fingerprint density at radius 2 is 1.16 bits per heavy atom. The number of ether oxygens (including phenoxy) is 2. The van der Waals surface area contributed by atoms with Crippen LogP contribution in [0.2, 0.25) is 0 Å². The lowest BCUT2D eigenvalue weighted by molar-refractivity contribution is 0.414. The minimum Gasteiger partial charge on any atom is -0.497 e. The fraction of sp³-hybridized carbons (Fsp3) is 0.0741. The summed E-state index contributed by atoms with van der Waals surface area (Å²) in [5.74, 6) is 1.69. The molecule has 1 heterocycles. The molecule has 0 radical (unpaired) electrons. The Bertz CT molecular complexity index is 1100. The lowest BCUT2D eigenvalue weighted by atomic mass is 10.0. The minimum absolute atomic E-state index is 0.847. The van der Waals surface area contributed by atoms with Crippen molar-refractivity contribution in [3.63, 3.8) is 0 Å². The van der Waals surface area contributed by atoms with Crippen LogP contribution in [0.25, 0.3) is 30.0 Å². The van der Waals surface area contributed by atoms with Crippen molar-refractivity contribution < 1.29 is 9.47 Å². The van der Waals surface area contributed by atoms with Crippen LogP contribution in [0.15, 0.2) is 85.2 Å². The third kappa shape index (κ3) is 4.93. The maximum absolute atomic E-state index is 5.24. The van der Waals surface area contributed by atoms with E-state index < -0.39 is 0 Å². The number of methoxy groups -OCH3 is 2. The standard InChI is InChI=1S/C27H24N2O2/c1-30-25-15-9-21(10-16-25)7-13-23-5-3-6-24(27(23)29-20-4-19-28-29)14-8-22-11-17-26(31-2)18-12-22/h3-20H,1-2H3/b13-7+,14-8+. The highest BCUT2D eigenvalue weighted by Gasteiger charge is 2.07. The highest BCUT2D eigenvalue weighted by Crippen LogP contribution is 2.24. The SMILES string of the molecule is COc1ccc(/C=C/c2cccc(/C=C/c3ccc(OC)cc3)c2-n2cccn2)cc1. The van der Waals surface area contributed by atoms with Crippen LogP contribution in [-0.4, -0.2) is 24.0 Å². The molecule has 0 aliphatic rings. The number of rotatable bonds is 7. The van der Waals surface area contributed by atoms with Gasteiger partial charge in [0.15, 0.2) is 0 Å².